The van der Waals surface area contributed by atoms with Crippen LogP contribution in [0.5, 0.6) is 0 Å². The molecule has 0 spiro atoms. The average Bonchev–Trinajstić information content (AvgIpc) is 2.91. The maximum atomic E-state index is 11.4. The molecule has 1 heterocycles. The maximum absolute atomic E-state index is 11.4. The van der Waals surface area contributed by atoms with Gasteiger partial charge in [-0.15, -0.1) is 0 Å². The molecule has 0 amide bonds. The van der Waals surface area contributed by atoms with Gasteiger partial charge in [-0.2, -0.15) is 0 Å². The molecule has 3 N–H and O–H groups in total. The second-order valence-corrected chi connectivity index (χ2v) is 5.13. The zero-order valence-electron chi connectivity index (χ0n) is 11.5. The molecule has 0 aliphatic heterocycles. The van der Waals surface area contributed by atoms with Crippen molar-refractivity contribution in [1.82, 2.24) is 4.98 Å². The van der Waals surface area contributed by atoms with Gasteiger partial charge >= 0.3 is 5.97 Å². The topological polar surface area (TPSA) is 68.1 Å². The van der Waals surface area contributed by atoms with Crippen LogP contribution in [0.15, 0.2) is 30.0 Å². The fourth-order valence-electron chi connectivity index (χ4n) is 1.84. The first-order valence-corrected chi connectivity index (χ1v) is 7.46. The number of nitrogens with one attached hydrogen (secondary N) is 1. The van der Waals surface area contributed by atoms with Crippen LogP contribution in [-0.2, 0) is 9.53 Å². The van der Waals surface area contributed by atoms with Crippen LogP contribution in [-0.4, -0.2) is 22.8 Å². The van der Waals surface area contributed by atoms with Gasteiger partial charge in [0.25, 0.3) is 0 Å². The highest BCUT2D eigenvalue weighted by molar-refractivity contribution is 7.97. The molecule has 106 valence electrons. The van der Waals surface area contributed by atoms with Gasteiger partial charge in [-0.25, -0.2) is 4.79 Å². The average molecular weight is 282 g/mol. The van der Waals surface area contributed by atoms with Gasteiger partial charge in [-0.1, -0.05) is 18.0 Å². The minimum Gasteiger partial charge on any atom is -0.463 e. The molecule has 0 saturated carbocycles. The molecule has 0 saturated heterocycles. The zero-order valence-corrected chi connectivity index (χ0v) is 12.3. The van der Waals surface area contributed by atoms with Crippen LogP contribution in [0.1, 0.15) is 31.9 Å². The number of ether oxygens (including phenoxy) is 1. The smallest absolute Gasteiger partial charge is 0.334 e. The van der Waals surface area contributed by atoms with Crippen molar-refractivity contribution in [2.24, 2.45) is 5.14 Å². The van der Waals surface area contributed by atoms with E-state index in [9.17, 15) is 4.79 Å². The second-order valence-electron chi connectivity index (χ2n) is 4.29. The fraction of sp³-hybridized carbons (Fsp3) is 0.500. The quantitative estimate of drug-likeness (QED) is 0.660. The molecule has 4 nitrogen and oxygen atoms in total. The van der Waals surface area contributed by atoms with Gasteiger partial charge in [0.15, 0.2) is 0 Å². The largest absolute Gasteiger partial charge is 0.463 e. The number of hydrogen-bond acceptors (Lipinski definition) is 4. The number of allylic oxidation sites excluding steroid dienone is 1. The normalized spacial score (nSPS) is 18.1. The van der Waals surface area contributed by atoms with E-state index in [4.69, 9.17) is 9.88 Å². The first-order valence-electron chi connectivity index (χ1n) is 6.51. The molecule has 1 atom stereocenters. The molecule has 19 heavy (non-hydrogen) atoms. The number of carbonyl (C=O) groups excluding carboxylic acids is 1. The Kier molecular flexibility index (Phi) is 7.36. The summed E-state index contributed by atoms with van der Waals surface area (Å²) in [6.07, 6.45) is 6.91. The maximum Gasteiger partial charge on any atom is 0.334 e. The van der Waals surface area contributed by atoms with E-state index in [0.717, 1.165) is 24.8 Å². The van der Waals surface area contributed by atoms with E-state index in [2.05, 4.69) is 4.98 Å². The number of nitrogens with two attached hydrogens (primary N) is 1. The zero-order chi connectivity index (χ0) is 14.1. The van der Waals surface area contributed by atoms with Crippen LogP contribution in [0.25, 0.3) is 0 Å². The number of esters is 1. The van der Waals surface area contributed by atoms with Crippen molar-refractivity contribution in [2.45, 2.75) is 38.4 Å². The SMILES string of the molecule is CCOC(=O)C1=CCCCC1SN.Cc1ccc[nH]1. The van der Waals surface area contributed by atoms with E-state index in [1.807, 2.05) is 38.3 Å². The molecule has 0 aromatic carbocycles. The van der Waals surface area contributed by atoms with Gasteiger partial charge in [0.1, 0.15) is 0 Å². The Hall–Kier alpha value is -1.20. The molecule has 1 aliphatic rings. The first kappa shape index (κ1) is 15.9. The molecule has 2 rings (SSSR count). The van der Waals surface area contributed by atoms with E-state index in [-0.39, 0.29) is 11.2 Å². The molecule has 0 radical (unpaired) electrons. The lowest BCUT2D eigenvalue weighted by atomic mass is 9.99. The summed E-state index contributed by atoms with van der Waals surface area (Å²) in [5.41, 5.74) is 1.97. The van der Waals surface area contributed by atoms with Crippen LogP contribution in [0, 0.1) is 6.92 Å². The Morgan fingerprint density at radius 3 is 2.89 bits per heavy atom. The van der Waals surface area contributed by atoms with Crippen molar-refractivity contribution in [1.29, 1.82) is 0 Å². The number of aromatic nitrogens is 1. The summed E-state index contributed by atoms with van der Waals surface area (Å²) >= 11 is 1.24. The van der Waals surface area contributed by atoms with Crippen molar-refractivity contribution in [3.63, 3.8) is 0 Å². The Labute approximate surface area is 118 Å². The summed E-state index contributed by atoms with van der Waals surface area (Å²) in [4.78, 5) is 14.4. The molecule has 0 fully saturated rings. The highest BCUT2D eigenvalue weighted by Gasteiger charge is 2.23. The van der Waals surface area contributed by atoms with Gasteiger partial charge in [0, 0.05) is 17.5 Å². The van der Waals surface area contributed by atoms with Crippen molar-refractivity contribution in [2.75, 3.05) is 6.61 Å². The molecule has 1 aromatic rings. The highest BCUT2D eigenvalue weighted by atomic mass is 32.2. The Balaban J connectivity index is 0.000000250. The fourth-order valence-corrected chi connectivity index (χ4v) is 2.48. The van der Waals surface area contributed by atoms with E-state index in [1.165, 1.54) is 17.6 Å². The number of hydrogen-bond donors (Lipinski definition) is 2. The number of aromatic amines is 1. The highest BCUT2D eigenvalue weighted by Crippen LogP contribution is 2.26. The summed E-state index contributed by atoms with van der Waals surface area (Å²) < 4.78 is 4.94. The number of aryl methyl sites for hydroxylation is 1. The Morgan fingerprint density at radius 2 is 2.42 bits per heavy atom. The lowest BCUT2D eigenvalue weighted by Crippen LogP contribution is -2.21. The van der Waals surface area contributed by atoms with Gasteiger partial charge in [0.2, 0.25) is 0 Å². The lowest BCUT2D eigenvalue weighted by molar-refractivity contribution is -0.138. The van der Waals surface area contributed by atoms with Crippen molar-refractivity contribution in [3.05, 3.63) is 35.7 Å². The van der Waals surface area contributed by atoms with Gasteiger partial charge in [-0.3, -0.25) is 5.14 Å². The van der Waals surface area contributed by atoms with Crippen LogP contribution >= 0.6 is 11.9 Å². The van der Waals surface area contributed by atoms with Gasteiger partial charge < -0.3 is 9.72 Å². The number of H-pyrrole nitrogens is 1. The number of rotatable bonds is 3. The Morgan fingerprint density at radius 1 is 1.63 bits per heavy atom. The third-order valence-corrected chi connectivity index (χ3v) is 3.63. The monoisotopic (exact) mass is 282 g/mol. The molecule has 0 bridgehead atoms. The van der Waals surface area contributed by atoms with E-state index in [0.29, 0.717) is 6.61 Å². The predicted molar refractivity (Wildman–Crippen MR) is 79.7 cm³/mol. The Bertz CT molecular complexity index is 402. The van der Waals surface area contributed by atoms with Gasteiger partial charge in [0.05, 0.1) is 11.9 Å². The lowest BCUT2D eigenvalue weighted by Gasteiger charge is -2.20. The van der Waals surface area contributed by atoms with E-state index >= 15 is 0 Å². The summed E-state index contributed by atoms with van der Waals surface area (Å²) in [5.74, 6) is -0.204. The van der Waals surface area contributed by atoms with E-state index < -0.39 is 0 Å². The third-order valence-electron chi connectivity index (χ3n) is 2.81. The third kappa shape index (κ3) is 5.53. The first-order chi connectivity index (χ1) is 9.19. The van der Waals surface area contributed by atoms with Crippen molar-refractivity contribution in [3.8, 4) is 0 Å². The summed E-state index contributed by atoms with van der Waals surface area (Å²) in [7, 11) is 0. The summed E-state index contributed by atoms with van der Waals surface area (Å²) in [6.45, 7) is 4.27. The molecular formula is C14H22N2O2S. The summed E-state index contributed by atoms with van der Waals surface area (Å²) in [6, 6.07) is 4.01. The molecule has 5 heteroatoms. The minimum atomic E-state index is -0.204. The number of carbonyl (C=O) groups is 1. The van der Waals surface area contributed by atoms with E-state index in [1.54, 1.807) is 0 Å². The van der Waals surface area contributed by atoms with Crippen LogP contribution in [0.3, 0.4) is 0 Å². The predicted octanol–water partition coefficient (Wildman–Crippen LogP) is 2.96. The molecule has 1 unspecified atom stereocenters. The van der Waals surface area contributed by atoms with Crippen molar-refractivity contribution >= 4 is 17.9 Å². The standard InChI is InChI=1S/C9H15NO2S.C5H7N/c1-2-12-9(11)7-5-3-4-6-8(7)13-10;1-5-3-2-4-6-5/h5,8H,2-4,6,10H2,1H3;2-4,6H,1H3. The summed E-state index contributed by atoms with van der Waals surface area (Å²) in [5, 5.41) is 5.63. The van der Waals surface area contributed by atoms with Crippen LogP contribution in [0.4, 0.5) is 0 Å². The van der Waals surface area contributed by atoms with Gasteiger partial charge in [-0.05, 0) is 45.2 Å². The minimum absolute atomic E-state index is 0.132. The molecule has 1 aromatic heterocycles. The van der Waals surface area contributed by atoms with Crippen LogP contribution in [0.2, 0.25) is 0 Å². The van der Waals surface area contributed by atoms with Crippen molar-refractivity contribution < 1.29 is 9.53 Å². The second kappa shape index (κ2) is 8.82. The molecule has 1 aliphatic carbocycles. The molecular weight excluding hydrogens is 260 g/mol. The van der Waals surface area contributed by atoms with Crippen LogP contribution < -0.4 is 5.14 Å².